The first kappa shape index (κ1) is 14.0. The van der Waals surface area contributed by atoms with E-state index in [2.05, 4.69) is 18.3 Å². The van der Waals surface area contributed by atoms with Crippen LogP contribution >= 0.6 is 0 Å². The number of amides is 1. The van der Waals surface area contributed by atoms with Gasteiger partial charge >= 0.3 is 0 Å². The second-order valence-electron chi connectivity index (χ2n) is 4.02. The molecule has 0 bridgehead atoms. The lowest BCUT2D eigenvalue weighted by atomic mass is 9.98. The number of hydrogen-bond donors (Lipinski definition) is 1. The van der Waals surface area contributed by atoms with Crippen LogP contribution in [0.3, 0.4) is 0 Å². The van der Waals surface area contributed by atoms with Crippen LogP contribution in [-0.4, -0.2) is 12.5 Å². The van der Waals surface area contributed by atoms with Crippen LogP contribution < -0.4 is 5.32 Å². The van der Waals surface area contributed by atoms with E-state index in [9.17, 15) is 4.79 Å². The number of nitrogens with zero attached hydrogens (tertiary/aromatic N) is 1. The molecule has 2 atom stereocenters. The predicted octanol–water partition coefficient (Wildman–Crippen LogP) is 2.48. The molecule has 1 amide bonds. The van der Waals surface area contributed by atoms with Crippen molar-refractivity contribution in [3.8, 4) is 6.07 Å². The van der Waals surface area contributed by atoms with Gasteiger partial charge in [-0.15, -0.1) is 0 Å². The Morgan fingerprint density at radius 2 is 2.13 bits per heavy atom. The molecule has 0 aromatic heterocycles. The topological polar surface area (TPSA) is 52.9 Å². The fourth-order valence-electron chi connectivity index (χ4n) is 1.41. The van der Waals surface area contributed by atoms with Crippen LogP contribution in [-0.2, 0) is 4.79 Å². The van der Waals surface area contributed by atoms with E-state index in [1.807, 2.05) is 13.8 Å². The number of carbonyl (C=O) groups excluding carboxylic acids is 1. The summed E-state index contributed by atoms with van der Waals surface area (Å²) in [6.07, 6.45) is 4.06. The molecule has 3 heteroatoms. The Kier molecular flexibility index (Phi) is 7.71. The highest BCUT2D eigenvalue weighted by atomic mass is 16.1. The Bertz CT molecular complexity index is 220. The molecule has 0 saturated carbocycles. The summed E-state index contributed by atoms with van der Waals surface area (Å²) in [5.74, 6) is 0.126. The Morgan fingerprint density at radius 3 is 2.60 bits per heavy atom. The number of hydrogen-bond acceptors (Lipinski definition) is 2. The van der Waals surface area contributed by atoms with Crippen LogP contribution in [0.4, 0.5) is 0 Å². The second kappa shape index (κ2) is 8.28. The van der Waals surface area contributed by atoms with Crippen molar-refractivity contribution in [3.63, 3.8) is 0 Å². The normalized spacial score (nSPS) is 14.0. The van der Waals surface area contributed by atoms with Gasteiger partial charge in [0.2, 0.25) is 5.91 Å². The lowest BCUT2D eigenvalue weighted by molar-refractivity contribution is -0.125. The molecule has 2 unspecified atom stereocenters. The van der Waals surface area contributed by atoms with Gasteiger partial charge in [-0.1, -0.05) is 26.7 Å². The third-order valence-corrected chi connectivity index (χ3v) is 2.57. The van der Waals surface area contributed by atoms with Crippen LogP contribution in [0.15, 0.2) is 0 Å². The Morgan fingerprint density at radius 1 is 1.47 bits per heavy atom. The maximum Gasteiger partial charge on any atom is 0.223 e. The summed E-state index contributed by atoms with van der Waals surface area (Å²) in [6, 6.07) is 2.11. The summed E-state index contributed by atoms with van der Waals surface area (Å²) in [5.41, 5.74) is 0. The zero-order chi connectivity index (χ0) is 11.7. The van der Waals surface area contributed by atoms with E-state index in [0.717, 1.165) is 25.7 Å². The molecule has 0 aliphatic carbocycles. The van der Waals surface area contributed by atoms with Crippen molar-refractivity contribution < 1.29 is 4.79 Å². The summed E-state index contributed by atoms with van der Waals surface area (Å²) in [6.45, 7) is 6.45. The molecule has 15 heavy (non-hydrogen) atoms. The van der Waals surface area contributed by atoms with E-state index in [4.69, 9.17) is 5.26 Å². The first-order valence-electron chi connectivity index (χ1n) is 5.82. The van der Waals surface area contributed by atoms with E-state index < -0.39 is 0 Å². The monoisotopic (exact) mass is 210 g/mol. The van der Waals surface area contributed by atoms with Crippen LogP contribution in [0, 0.1) is 23.2 Å². The fraction of sp³-hybridized carbons (Fsp3) is 0.833. The molecule has 3 nitrogen and oxygen atoms in total. The van der Waals surface area contributed by atoms with Crippen molar-refractivity contribution in [2.45, 2.75) is 46.5 Å². The molecular formula is C12H22N2O. The van der Waals surface area contributed by atoms with Crippen molar-refractivity contribution in [3.05, 3.63) is 0 Å². The van der Waals surface area contributed by atoms with Gasteiger partial charge in [0.25, 0.3) is 0 Å². The lowest BCUT2D eigenvalue weighted by Gasteiger charge is -2.14. The van der Waals surface area contributed by atoms with Crippen LogP contribution in [0.25, 0.3) is 0 Å². The number of carbonyl (C=O) groups is 1. The third kappa shape index (κ3) is 6.11. The summed E-state index contributed by atoms with van der Waals surface area (Å²) < 4.78 is 0. The number of nitriles is 1. The van der Waals surface area contributed by atoms with Gasteiger partial charge in [-0.05, 0) is 19.8 Å². The summed E-state index contributed by atoms with van der Waals surface area (Å²) in [7, 11) is 0. The molecule has 0 spiro atoms. The molecule has 86 valence electrons. The first-order valence-corrected chi connectivity index (χ1v) is 5.82. The van der Waals surface area contributed by atoms with Gasteiger partial charge < -0.3 is 5.32 Å². The minimum Gasteiger partial charge on any atom is -0.355 e. The van der Waals surface area contributed by atoms with E-state index >= 15 is 0 Å². The van der Waals surface area contributed by atoms with Gasteiger partial charge in [0.15, 0.2) is 0 Å². The minimum atomic E-state index is -0.0994. The standard InChI is InChI=1S/C12H22N2O/c1-4-6-7-11(5-2)12(15)14-9-10(3)8-13/h10-11H,4-7,9H2,1-3H3,(H,14,15). The van der Waals surface area contributed by atoms with Crippen LogP contribution in [0.5, 0.6) is 0 Å². The van der Waals surface area contributed by atoms with Crippen molar-refractivity contribution >= 4 is 5.91 Å². The highest BCUT2D eigenvalue weighted by Gasteiger charge is 2.15. The average molecular weight is 210 g/mol. The van der Waals surface area contributed by atoms with E-state index in [-0.39, 0.29) is 17.7 Å². The molecule has 0 fully saturated rings. The number of nitrogens with one attached hydrogen (secondary N) is 1. The second-order valence-corrected chi connectivity index (χ2v) is 4.02. The summed E-state index contributed by atoms with van der Waals surface area (Å²) in [4.78, 5) is 11.7. The van der Waals surface area contributed by atoms with E-state index in [1.54, 1.807) is 0 Å². The molecule has 0 heterocycles. The molecule has 0 aromatic carbocycles. The van der Waals surface area contributed by atoms with Gasteiger partial charge in [-0.3, -0.25) is 4.79 Å². The van der Waals surface area contributed by atoms with E-state index in [0.29, 0.717) is 6.54 Å². The smallest absolute Gasteiger partial charge is 0.223 e. The predicted molar refractivity (Wildman–Crippen MR) is 61.1 cm³/mol. The van der Waals surface area contributed by atoms with Gasteiger partial charge in [0.1, 0.15) is 0 Å². The van der Waals surface area contributed by atoms with Crippen molar-refractivity contribution in [2.75, 3.05) is 6.54 Å². The zero-order valence-electron chi connectivity index (χ0n) is 10.0. The quantitative estimate of drug-likeness (QED) is 0.701. The van der Waals surface area contributed by atoms with Crippen molar-refractivity contribution in [1.82, 2.24) is 5.32 Å². The summed E-state index contributed by atoms with van der Waals surface area (Å²) >= 11 is 0. The minimum absolute atomic E-state index is 0.0994. The largest absolute Gasteiger partial charge is 0.355 e. The van der Waals surface area contributed by atoms with Crippen LogP contribution in [0.2, 0.25) is 0 Å². The molecule has 0 aliphatic heterocycles. The first-order chi connectivity index (χ1) is 7.15. The third-order valence-electron chi connectivity index (χ3n) is 2.57. The van der Waals surface area contributed by atoms with Gasteiger partial charge in [0.05, 0.1) is 12.0 Å². The van der Waals surface area contributed by atoms with Crippen molar-refractivity contribution in [2.24, 2.45) is 11.8 Å². The zero-order valence-corrected chi connectivity index (χ0v) is 10.0. The highest BCUT2D eigenvalue weighted by molar-refractivity contribution is 5.78. The highest BCUT2D eigenvalue weighted by Crippen LogP contribution is 2.12. The molecule has 0 rings (SSSR count). The number of rotatable bonds is 7. The number of unbranched alkanes of at least 4 members (excludes halogenated alkanes) is 1. The summed E-state index contributed by atoms with van der Waals surface area (Å²) in [5, 5.41) is 11.4. The lowest BCUT2D eigenvalue weighted by Crippen LogP contribution is -2.33. The molecule has 0 saturated heterocycles. The van der Waals surface area contributed by atoms with E-state index in [1.165, 1.54) is 0 Å². The molecule has 0 aromatic rings. The molecule has 1 N–H and O–H groups in total. The maximum atomic E-state index is 11.7. The van der Waals surface area contributed by atoms with Crippen molar-refractivity contribution in [1.29, 1.82) is 5.26 Å². The Hall–Kier alpha value is -1.04. The van der Waals surface area contributed by atoms with Gasteiger partial charge in [-0.25, -0.2) is 0 Å². The van der Waals surface area contributed by atoms with Gasteiger partial charge in [-0.2, -0.15) is 5.26 Å². The molecule has 0 radical (unpaired) electrons. The van der Waals surface area contributed by atoms with Crippen LogP contribution in [0.1, 0.15) is 46.5 Å². The SMILES string of the molecule is CCCCC(CC)C(=O)NCC(C)C#N. The molecule has 0 aliphatic rings. The van der Waals surface area contributed by atoms with Gasteiger partial charge in [0, 0.05) is 12.5 Å². The molecular weight excluding hydrogens is 188 g/mol. The fourth-order valence-corrected chi connectivity index (χ4v) is 1.41. The Labute approximate surface area is 92.9 Å². The Balaban J connectivity index is 3.89. The maximum absolute atomic E-state index is 11.7. The average Bonchev–Trinajstić information content (AvgIpc) is 2.26.